The molecule has 0 fully saturated rings. The van der Waals surface area contributed by atoms with Gasteiger partial charge in [-0.2, -0.15) is 0 Å². The van der Waals surface area contributed by atoms with E-state index in [1.807, 2.05) is 0 Å². The number of nitrogens with one attached hydrogen (secondary N) is 3. The molecule has 0 aliphatic heterocycles. The molecule has 2 rings (SSSR count). The lowest BCUT2D eigenvalue weighted by Crippen LogP contribution is -2.38. The summed E-state index contributed by atoms with van der Waals surface area (Å²) in [7, 11) is 1.14. The predicted molar refractivity (Wildman–Crippen MR) is 90.5 cm³/mol. The zero-order chi connectivity index (χ0) is 18.2. The van der Waals surface area contributed by atoms with Gasteiger partial charge in [-0.1, -0.05) is 12.2 Å². The van der Waals surface area contributed by atoms with Crippen LogP contribution in [0.1, 0.15) is 19.3 Å². The van der Waals surface area contributed by atoms with E-state index < -0.39 is 23.7 Å². The van der Waals surface area contributed by atoms with Crippen molar-refractivity contribution in [1.82, 2.24) is 5.32 Å². The summed E-state index contributed by atoms with van der Waals surface area (Å²) < 4.78 is 18.0. The fraction of sp³-hybridized carbons (Fsp3) is 0.353. The maximum Gasteiger partial charge on any atom is 0.411 e. The van der Waals surface area contributed by atoms with Gasteiger partial charge in [0.25, 0.3) is 0 Å². The minimum atomic E-state index is -0.859. The van der Waals surface area contributed by atoms with Gasteiger partial charge in [-0.15, -0.1) is 0 Å². The Morgan fingerprint density at radius 3 is 2.68 bits per heavy atom. The van der Waals surface area contributed by atoms with Crippen LogP contribution in [0.2, 0.25) is 0 Å². The lowest BCUT2D eigenvalue weighted by atomic mass is 9.94. The molecule has 0 radical (unpaired) electrons. The molecule has 1 aromatic rings. The van der Waals surface area contributed by atoms with Crippen LogP contribution < -0.4 is 16.0 Å². The summed E-state index contributed by atoms with van der Waals surface area (Å²) in [5.74, 6) is -2.00. The smallest absolute Gasteiger partial charge is 0.411 e. The number of rotatable bonds is 4. The molecule has 8 heteroatoms. The van der Waals surface area contributed by atoms with Gasteiger partial charge in [-0.25, -0.2) is 9.18 Å². The Morgan fingerprint density at radius 2 is 2.00 bits per heavy atom. The molecule has 0 spiro atoms. The summed E-state index contributed by atoms with van der Waals surface area (Å²) in [6, 6.07) is 3.55. The van der Waals surface area contributed by atoms with E-state index in [-0.39, 0.29) is 11.4 Å². The third-order valence-electron chi connectivity index (χ3n) is 3.78. The standard InChI is InChI=1S/C17H20FN3O4/c1-25-17(24)21-14-9-12(7-8-13(14)18)20-16(23)15(22)19-10-11-5-3-2-4-6-11/h2-3,7-9,11H,4-6,10H2,1H3,(H,19,22)(H,20,23)(H,21,24)/t11-/m0/s1. The molecule has 1 aromatic carbocycles. The Bertz CT molecular complexity index is 690. The monoisotopic (exact) mass is 349 g/mol. The van der Waals surface area contributed by atoms with Crippen molar-refractivity contribution in [2.45, 2.75) is 19.3 Å². The molecule has 0 aromatic heterocycles. The first-order chi connectivity index (χ1) is 12.0. The molecule has 0 unspecified atom stereocenters. The minimum absolute atomic E-state index is 0.168. The van der Waals surface area contributed by atoms with Crippen molar-refractivity contribution in [1.29, 1.82) is 0 Å². The molecule has 0 saturated heterocycles. The van der Waals surface area contributed by atoms with E-state index in [0.717, 1.165) is 32.4 Å². The number of hydrogen-bond acceptors (Lipinski definition) is 4. The summed E-state index contributed by atoms with van der Waals surface area (Å²) >= 11 is 0. The van der Waals surface area contributed by atoms with Crippen LogP contribution >= 0.6 is 0 Å². The highest BCUT2D eigenvalue weighted by atomic mass is 19.1. The van der Waals surface area contributed by atoms with Crippen molar-refractivity contribution < 1.29 is 23.5 Å². The predicted octanol–water partition coefficient (Wildman–Crippen LogP) is 2.42. The van der Waals surface area contributed by atoms with Crippen LogP contribution in [0.5, 0.6) is 0 Å². The van der Waals surface area contributed by atoms with Crippen molar-refractivity contribution in [3.05, 3.63) is 36.2 Å². The highest BCUT2D eigenvalue weighted by Crippen LogP contribution is 2.20. The van der Waals surface area contributed by atoms with Gasteiger partial charge in [0.1, 0.15) is 5.82 Å². The van der Waals surface area contributed by atoms with Crippen molar-refractivity contribution in [3.63, 3.8) is 0 Å². The Hall–Kier alpha value is -2.90. The zero-order valence-electron chi connectivity index (χ0n) is 13.8. The second kappa shape index (κ2) is 8.81. The maximum atomic E-state index is 13.6. The molecular formula is C17H20FN3O4. The number of ether oxygens (including phenoxy) is 1. The topological polar surface area (TPSA) is 96.5 Å². The van der Waals surface area contributed by atoms with E-state index in [4.69, 9.17) is 0 Å². The molecule has 134 valence electrons. The van der Waals surface area contributed by atoms with Gasteiger partial charge in [0.2, 0.25) is 0 Å². The molecule has 0 saturated carbocycles. The lowest BCUT2D eigenvalue weighted by molar-refractivity contribution is -0.136. The van der Waals surface area contributed by atoms with Crippen LogP contribution in [0.25, 0.3) is 0 Å². The normalized spacial score (nSPS) is 16.0. The first-order valence-corrected chi connectivity index (χ1v) is 7.88. The van der Waals surface area contributed by atoms with Crippen LogP contribution in [0.15, 0.2) is 30.4 Å². The average molecular weight is 349 g/mol. The van der Waals surface area contributed by atoms with Crippen LogP contribution in [0, 0.1) is 11.7 Å². The second-order valence-corrected chi connectivity index (χ2v) is 5.63. The van der Waals surface area contributed by atoms with E-state index in [0.29, 0.717) is 12.5 Å². The Labute approximate surface area is 144 Å². The number of amides is 3. The van der Waals surface area contributed by atoms with Crippen molar-refractivity contribution >= 4 is 29.3 Å². The quantitative estimate of drug-likeness (QED) is 0.574. The fourth-order valence-electron chi connectivity index (χ4n) is 2.41. The maximum absolute atomic E-state index is 13.6. The van der Waals surface area contributed by atoms with Gasteiger partial charge in [-0.05, 0) is 43.4 Å². The Morgan fingerprint density at radius 1 is 1.20 bits per heavy atom. The molecule has 25 heavy (non-hydrogen) atoms. The molecule has 3 N–H and O–H groups in total. The van der Waals surface area contributed by atoms with E-state index in [9.17, 15) is 18.8 Å². The summed E-state index contributed by atoms with van der Waals surface area (Å²) in [6.45, 7) is 0.426. The zero-order valence-corrected chi connectivity index (χ0v) is 13.8. The summed E-state index contributed by atoms with van der Waals surface area (Å²) in [5, 5.41) is 7.13. The Kier molecular flexibility index (Phi) is 6.50. The number of allylic oxidation sites excluding steroid dienone is 2. The minimum Gasteiger partial charge on any atom is -0.453 e. The van der Waals surface area contributed by atoms with Crippen molar-refractivity contribution in [3.8, 4) is 0 Å². The molecule has 0 bridgehead atoms. The molecule has 7 nitrogen and oxygen atoms in total. The number of carbonyl (C=O) groups is 3. The summed E-state index contributed by atoms with van der Waals surface area (Å²) in [5.41, 5.74) is 0.00704. The molecule has 1 aliphatic rings. The largest absolute Gasteiger partial charge is 0.453 e. The van der Waals surface area contributed by atoms with Crippen molar-refractivity contribution in [2.24, 2.45) is 5.92 Å². The van der Waals surface area contributed by atoms with Gasteiger partial charge in [0.15, 0.2) is 0 Å². The third kappa shape index (κ3) is 5.59. The van der Waals surface area contributed by atoms with E-state index in [2.05, 4.69) is 32.8 Å². The van der Waals surface area contributed by atoms with Gasteiger partial charge < -0.3 is 15.4 Å². The van der Waals surface area contributed by atoms with E-state index in [1.54, 1.807) is 0 Å². The van der Waals surface area contributed by atoms with Crippen LogP contribution in [0.4, 0.5) is 20.6 Å². The number of hydrogen-bond donors (Lipinski definition) is 3. The number of halogens is 1. The highest BCUT2D eigenvalue weighted by Gasteiger charge is 2.17. The average Bonchev–Trinajstić information content (AvgIpc) is 2.63. The molecule has 1 aliphatic carbocycles. The number of carbonyl (C=O) groups excluding carboxylic acids is 3. The van der Waals surface area contributed by atoms with Crippen LogP contribution in [-0.2, 0) is 14.3 Å². The third-order valence-corrected chi connectivity index (χ3v) is 3.78. The van der Waals surface area contributed by atoms with Gasteiger partial charge >= 0.3 is 17.9 Å². The first-order valence-electron chi connectivity index (χ1n) is 7.88. The lowest BCUT2D eigenvalue weighted by Gasteiger charge is -2.17. The van der Waals surface area contributed by atoms with Crippen molar-refractivity contribution in [2.75, 3.05) is 24.3 Å². The number of benzene rings is 1. The van der Waals surface area contributed by atoms with E-state index >= 15 is 0 Å². The van der Waals surface area contributed by atoms with E-state index in [1.165, 1.54) is 12.1 Å². The fourth-order valence-corrected chi connectivity index (χ4v) is 2.41. The number of methoxy groups -OCH3 is 1. The highest BCUT2D eigenvalue weighted by molar-refractivity contribution is 6.39. The first kappa shape index (κ1) is 18.4. The van der Waals surface area contributed by atoms with Gasteiger partial charge in [0.05, 0.1) is 12.8 Å². The molecule has 0 heterocycles. The van der Waals surface area contributed by atoms with Gasteiger partial charge in [-0.3, -0.25) is 14.9 Å². The summed E-state index contributed by atoms with van der Waals surface area (Å²) in [4.78, 5) is 34.9. The number of anilines is 2. The molecule has 3 amide bonds. The van der Waals surface area contributed by atoms with Crippen LogP contribution in [0.3, 0.4) is 0 Å². The second-order valence-electron chi connectivity index (χ2n) is 5.63. The van der Waals surface area contributed by atoms with Crippen LogP contribution in [-0.4, -0.2) is 31.6 Å². The molecule has 1 atom stereocenters. The van der Waals surface area contributed by atoms with Gasteiger partial charge in [0, 0.05) is 12.2 Å². The Balaban J connectivity index is 1.90. The SMILES string of the molecule is COC(=O)Nc1cc(NC(=O)C(=O)NC[C@H]2CC=CCC2)ccc1F. The molecular weight excluding hydrogens is 329 g/mol. The summed E-state index contributed by atoms with van der Waals surface area (Å²) in [6.07, 6.45) is 6.13.